The number of ether oxygens (including phenoxy) is 3. The van der Waals surface area contributed by atoms with Crippen LogP contribution in [0, 0.1) is 0 Å². The van der Waals surface area contributed by atoms with Gasteiger partial charge in [0.05, 0.1) is 26.0 Å². The Morgan fingerprint density at radius 1 is 1.10 bits per heavy atom. The maximum absolute atomic E-state index is 11.8. The van der Waals surface area contributed by atoms with Crippen LogP contribution in [0.1, 0.15) is 9.67 Å². The Kier molecular flexibility index (Phi) is 3.39. The average molecular weight is 303 g/mol. The van der Waals surface area contributed by atoms with E-state index in [0.717, 1.165) is 20.9 Å². The van der Waals surface area contributed by atoms with Gasteiger partial charge in [0, 0.05) is 28.6 Å². The Labute approximate surface area is 125 Å². The Hall–Kier alpha value is -2.34. The van der Waals surface area contributed by atoms with Crippen molar-refractivity contribution in [2.75, 3.05) is 21.3 Å². The predicted molar refractivity (Wildman–Crippen MR) is 81.6 cm³/mol. The van der Waals surface area contributed by atoms with Crippen molar-refractivity contribution in [2.45, 2.75) is 0 Å². The summed E-state index contributed by atoms with van der Waals surface area (Å²) in [4.78, 5) is 16.4. The third kappa shape index (κ3) is 1.99. The molecule has 0 saturated carbocycles. The van der Waals surface area contributed by atoms with Crippen LogP contribution < -0.4 is 9.47 Å². The second-order valence-corrected chi connectivity index (χ2v) is 5.38. The van der Waals surface area contributed by atoms with E-state index < -0.39 is 0 Å². The van der Waals surface area contributed by atoms with E-state index in [9.17, 15) is 4.79 Å². The molecule has 0 aliphatic rings. The van der Waals surface area contributed by atoms with Gasteiger partial charge >= 0.3 is 5.97 Å². The van der Waals surface area contributed by atoms with Crippen molar-refractivity contribution in [1.82, 2.24) is 4.98 Å². The number of carbonyl (C=O) groups excluding carboxylic acids is 1. The number of carbonyl (C=O) groups is 1. The molecule has 0 aliphatic heterocycles. The highest BCUT2D eigenvalue weighted by Crippen LogP contribution is 2.46. The summed E-state index contributed by atoms with van der Waals surface area (Å²) in [5.41, 5.74) is 0. The zero-order chi connectivity index (χ0) is 15.0. The van der Waals surface area contributed by atoms with Crippen LogP contribution in [0.4, 0.5) is 0 Å². The number of nitrogens with zero attached hydrogens (tertiary/aromatic N) is 1. The van der Waals surface area contributed by atoms with Gasteiger partial charge in [-0.05, 0) is 12.1 Å². The van der Waals surface area contributed by atoms with Gasteiger partial charge in [-0.25, -0.2) is 4.79 Å². The first-order valence-corrected chi connectivity index (χ1v) is 7.02. The van der Waals surface area contributed by atoms with Crippen molar-refractivity contribution < 1.29 is 19.0 Å². The summed E-state index contributed by atoms with van der Waals surface area (Å²) in [5, 5.41) is 2.56. The number of methoxy groups -OCH3 is 3. The van der Waals surface area contributed by atoms with Gasteiger partial charge in [0.2, 0.25) is 0 Å². The van der Waals surface area contributed by atoms with Crippen LogP contribution in [0.15, 0.2) is 24.5 Å². The average Bonchev–Trinajstić information content (AvgIpc) is 2.96. The molecule has 21 heavy (non-hydrogen) atoms. The first-order valence-electron chi connectivity index (χ1n) is 6.20. The number of thiophene rings is 1. The fraction of sp³-hybridized carbons (Fsp3) is 0.200. The van der Waals surface area contributed by atoms with E-state index in [0.29, 0.717) is 16.4 Å². The van der Waals surface area contributed by atoms with Crippen molar-refractivity contribution in [3.63, 3.8) is 0 Å². The standard InChI is InChI=1S/C15H13NO4S/c1-18-12-9-6-11(15(17)20-3)21-14(9)13(19-2)8-4-5-16-7-10(8)12/h4-7H,1-3H3. The monoisotopic (exact) mass is 303 g/mol. The van der Waals surface area contributed by atoms with Crippen molar-refractivity contribution in [3.8, 4) is 11.5 Å². The number of benzene rings is 1. The van der Waals surface area contributed by atoms with Gasteiger partial charge in [0.1, 0.15) is 16.4 Å². The second-order valence-electron chi connectivity index (χ2n) is 4.33. The van der Waals surface area contributed by atoms with Crippen molar-refractivity contribution in [1.29, 1.82) is 0 Å². The summed E-state index contributed by atoms with van der Waals surface area (Å²) < 4.78 is 16.7. The van der Waals surface area contributed by atoms with Gasteiger partial charge in [-0.1, -0.05) is 0 Å². The molecule has 6 heteroatoms. The molecule has 0 fully saturated rings. The largest absolute Gasteiger partial charge is 0.495 e. The fourth-order valence-electron chi connectivity index (χ4n) is 2.39. The lowest BCUT2D eigenvalue weighted by atomic mass is 10.1. The van der Waals surface area contributed by atoms with E-state index in [2.05, 4.69) is 4.98 Å². The molecule has 0 N–H and O–H groups in total. The molecule has 2 heterocycles. The maximum atomic E-state index is 11.8. The van der Waals surface area contributed by atoms with Gasteiger partial charge in [0.15, 0.2) is 0 Å². The number of esters is 1. The van der Waals surface area contributed by atoms with Crippen molar-refractivity contribution in [2.24, 2.45) is 0 Å². The Balaban J connectivity index is 2.47. The summed E-state index contributed by atoms with van der Waals surface area (Å²) in [5.74, 6) is 1.02. The van der Waals surface area contributed by atoms with Gasteiger partial charge < -0.3 is 14.2 Å². The third-order valence-electron chi connectivity index (χ3n) is 3.29. The molecule has 0 spiro atoms. The molecule has 3 aromatic rings. The number of aromatic nitrogens is 1. The smallest absolute Gasteiger partial charge is 0.348 e. The Bertz CT molecular complexity index is 780. The van der Waals surface area contributed by atoms with Gasteiger partial charge in [-0.2, -0.15) is 0 Å². The lowest BCUT2D eigenvalue weighted by Crippen LogP contribution is -1.96. The first-order chi connectivity index (χ1) is 10.2. The molecule has 0 aliphatic carbocycles. The number of rotatable bonds is 3. The quantitative estimate of drug-likeness (QED) is 0.695. The minimum Gasteiger partial charge on any atom is -0.495 e. The lowest BCUT2D eigenvalue weighted by molar-refractivity contribution is 0.0606. The molecule has 5 nitrogen and oxygen atoms in total. The van der Waals surface area contributed by atoms with Crippen LogP contribution in [-0.2, 0) is 4.74 Å². The zero-order valence-corrected chi connectivity index (χ0v) is 12.6. The number of fused-ring (bicyclic) bond motifs is 2. The van der Waals surface area contributed by atoms with Crippen LogP contribution in [0.3, 0.4) is 0 Å². The normalized spacial score (nSPS) is 10.8. The molecular weight excluding hydrogens is 290 g/mol. The zero-order valence-electron chi connectivity index (χ0n) is 11.8. The number of hydrogen-bond acceptors (Lipinski definition) is 6. The van der Waals surface area contributed by atoms with E-state index in [1.54, 1.807) is 32.7 Å². The van der Waals surface area contributed by atoms with E-state index in [1.807, 2.05) is 6.07 Å². The molecule has 2 aromatic heterocycles. The third-order valence-corrected chi connectivity index (χ3v) is 4.40. The summed E-state index contributed by atoms with van der Waals surface area (Å²) in [6.45, 7) is 0. The number of pyridine rings is 1. The summed E-state index contributed by atoms with van der Waals surface area (Å²) in [7, 11) is 4.57. The maximum Gasteiger partial charge on any atom is 0.348 e. The Morgan fingerprint density at radius 3 is 2.52 bits per heavy atom. The highest BCUT2D eigenvalue weighted by Gasteiger charge is 2.20. The fourth-order valence-corrected chi connectivity index (χ4v) is 3.50. The SMILES string of the molecule is COC(=O)c1cc2c(OC)c3cnccc3c(OC)c2s1. The van der Waals surface area contributed by atoms with Crippen LogP contribution >= 0.6 is 11.3 Å². The minimum atomic E-state index is -0.373. The van der Waals surface area contributed by atoms with E-state index >= 15 is 0 Å². The minimum absolute atomic E-state index is 0.373. The summed E-state index contributed by atoms with van der Waals surface area (Å²) >= 11 is 1.33. The molecular formula is C15H13NO4S. The molecule has 0 unspecified atom stereocenters. The van der Waals surface area contributed by atoms with Crippen LogP contribution in [0.5, 0.6) is 11.5 Å². The molecule has 3 rings (SSSR count). The molecule has 1 aromatic carbocycles. The molecule has 108 valence electrons. The topological polar surface area (TPSA) is 57.7 Å². The van der Waals surface area contributed by atoms with Gasteiger partial charge in [-0.15, -0.1) is 11.3 Å². The predicted octanol–water partition coefficient (Wildman–Crippen LogP) is 3.25. The van der Waals surface area contributed by atoms with E-state index in [-0.39, 0.29) is 5.97 Å². The first kappa shape index (κ1) is 13.6. The van der Waals surface area contributed by atoms with E-state index in [1.165, 1.54) is 18.4 Å². The highest BCUT2D eigenvalue weighted by molar-refractivity contribution is 7.21. The van der Waals surface area contributed by atoms with Crippen molar-refractivity contribution in [3.05, 3.63) is 29.4 Å². The molecule has 0 bridgehead atoms. The summed E-state index contributed by atoms with van der Waals surface area (Å²) in [6, 6.07) is 3.63. The number of hydrogen-bond donors (Lipinski definition) is 0. The van der Waals surface area contributed by atoms with E-state index in [4.69, 9.17) is 14.2 Å². The van der Waals surface area contributed by atoms with Crippen LogP contribution in [-0.4, -0.2) is 32.3 Å². The van der Waals surface area contributed by atoms with Crippen LogP contribution in [0.2, 0.25) is 0 Å². The van der Waals surface area contributed by atoms with Gasteiger partial charge in [-0.3, -0.25) is 4.98 Å². The summed E-state index contributed by atoms with van der Waals surface area (Å²) in [6.07, 6.45) is 3.43. The molecule has 0 amide bonds. The molecule has 0 saturated heterocycles. The van der Waals surface area contributed by atoms with Gasteiger partial charge in [0.25, 0.3) is 0 Å². The Morgan fingerprint density at radius 2 is 1.86 bits per heavy atom. The van der Waals surface area contributed by atoms with Crippen LogP contribution in [0.25, 0.3) is 20.9 Å². The second kappa shape index (κ2) is 5.21. The van der Waals surface area contributed by atoms with Crippen molar-refractivity contribution >= 4 is 38.2 Å². The highest BCUT2D eigenvalue weighted by atomic mass is 32.1. The molecule has 0 atom stereocenters. The molecule has 0 radical (unpaired) electrons. The lowest BCUT2D eigenvalue weighted by Gasteiger charge is -2.11.